The van der Waals surface area contributed by atoms with Crippen LogP contribution in [0, 0.1) is 0 Å². The first-order chi connectivity index (χ1) is 10.1. The van der Waals surface area contributed by atoms with Gasteiger partial charge < -0.3 is 10.6 Å². The normalized spacial score (nSPS) is 10.0. The molecule has 0 atom stereocenters. The lowest BCUT2D eigenvalue weighted by molar-refractivity contribution is -0.119. The Morgan fingerprint density at radius 1 is 1.00 bits per heavy atom. The summed E-state index contributed by atoms with van der Waals surface area (Å²) < 4.78 is 0. The third-order valence-corrected chi connectivity index (χ3v) is 3.50. The maximum Gasteiger partial charge on any atom is 0.230 e. The summed E-state index contributed by atoms with van der Waals surface area (Å²) in [6.07, 6.45) is 0.249. The fourth-order valence-corrected chi connectivity index (χ4v) is 2.42. The van der Waals surface area contributed by atoms with Gasteiger partial charge in [-0.15, -0.1) is 0 Å². The maximum atomic E-state index is 11.9. The Morgan fingerprint density at radius 2 is 1.62 bits per heavy atom. The highest BCUT2D eigenvalue weighted by molar-refractivity contribution is 7.80. The Hall–Kier alpha value is -1.62. The van der Waals surface area contributed by atoms with E-state index in [2.05, 4.69) is 10.6 Å². The molecule has 0 aliphatic heterocycles. The first kappa shape index (κ1) is 15.8. The second-order valence-electron chi connectivity index (χ2n) is 4.26. The zero-order valence-electron chi connectivity index (χ0n) is 10.9. The van der Waals surface area contributed by atoms with Crippen molar-refractivity contribution in [3.8, 4) is 0 Å². The van der Waals surface area contributed by atoms with Gasteiger partial charge in [-0.05, 0) is 29.9 Å². The topological polar surface area (TPSA) is 41.1 Å². The van der Waals surface area contributed by atoms with E-state index in [4.69, 9.17) is 35.4 Å². The van der Waals surface area contributed by atoms with Crippen molar-refractivity contribution in [3.05, 3.63) is 64.1 Å². The zero-order valence-corrected chi connectivity index (χ0v) is 13.2. The molecule has 2 aromatic carbocycles. The summed E-state index contributed by atoms with van der Waals surface area (Å²) in [6.45, 7) is 0. The largest absolute Gasteiger partial charge is 0.330 e. The van der Waals surface area contributed by atoms with Crippen molar-refractivity contribution in [1.82, 2.24) is 5.32 Å². The van der Waals surface area contributed by atoms with Crippen LogP contribution >= 0.6 is 35.4 Å². The molecule has 0 saturated carbocycles. The van der Waals surface area contributed by atoms with Gasteiger partial charge in [-0.1, -0.05) is 59.6 Å². The fraction of sp³-hybridized carbons (Fsp3) is 0.0667. The van der Waals surface area contributed by atoms with E-state index in [0.29, 0.717) is 15.7 Å². The van der Waals surface area contributed by atoms with Gasteiger partial charge in [0.15, 0.2) is 5.11 Å². The van der Waals surface area contributed by atoms with Crippen molar-refractivity contribution in [3.63, 3.8) is 0 Å². The lowest BCUT2D eigenvalue weighted by Gasteiger charge is -2.12. The van der Waals surface area contributed by atoms with Crippen LogP contribution in [0.25, 0.3) is 0 Å². The SMILES string of the molecule is O=C(Cc1ccccc1)NC(=S)Nc1c(Cl)cccc1Cl. The molecule has 1 amide bonds. The first-order valence-corrected chi connectivity index (χ1v) is 7.31. The van der Waals surface area contributed by atoms with Gasteiger partial charge in [0.1, 0.15) is 0 Å². The summed E-state index contributed by atoms with van der Waals surface area (Å²) in [5.41, 5.74) is 1.39. The van der Waals surface area contributed by atoms with Gasteiger partial charge in [-0.3, -0.25) is 4.79 Å². The number of para-hydroxylation sites is 1. The summed E-state index contributed by atoms with van der Waals surface area (Å²) in [5, 5.41) is 6.45. The van der Waals surface area contributed by atoms with Gasteiger partial charge >= 0.3 is 0 Å². The van der Waals surface area contributed by atoms with Crippen LogP contribution in [0.4, 0.5) is 5.69 Å². The third kappa shape index (κ3) is 4.70. The van der Waals surface area contributed by atoms with E-state index in [9.17, 15) is 4.79 Å². The Labute approximate surface area is 138 Å². The van der Waals surface area contributed by atoms with Gasteiger partial charge in [0.25, 0.3) is 0 Å². The van der Waals surface area contributed by atoms with Gasteiger partial charge in [0.2, 0.25) is 5.91 Å². The van der Waals surface area contributed by atoms with Crippen LogP contribution in [0.2, 0.25) is 10.0 Å². The number of benzene rings is 2. The molecule has 0 saturated heterocycles. The molecule has 0 fully saturated rings. The number of hydrogen-bond acceptors (Lipinski definition) is 2. The van der Waals surface area contributed by atoms with E-state index in [1.807, 2.05) is 30.3 Å². The Balaban J connectivity index is 1.94. The molecule has 0 radical (unpaired) electrons. The number of nitrogens with one attached hydrogen (secondary N) is 2. The van der Waals surface area contributed by atoms with E-state index < -0.39 is 0 Å². The van der Waals surface area contributed by atoms with Gasteiger partial charge in [-0.25, -0.2) is 0 Å². The molecule has 0 heterocycles. The van der Waals surface area contributed by atoms with Crippen LogP contribution in [0.15, 0.2) is 48.5 Å². The molecule has 0 aliphatic carbocycles. The number of halogens is 2. The Morgan fingerprint density at radius 3 is 2.24 bits per heavy atom. The number of thiocarbonyl (C=S) groups is 1. The summed E-state index contributed by atoms with van der Waals surface area (Å²) in [5.74, 6) is -0.207. The number of hydrogen-bond donors (Lipinski definition) is 2. The number of anilines is 1. The summed E-state index contributed by atoms with van der Waals surface area (Å²) in [4.78, 5) is 11.9. The number of amides is 1. The standard InChI is InChI=1S/C15H12Cl2N2OS/c16-11-7-4-8-12(17)14(11)19-15(21)18-13(20)9-10-5-2-1-3-6-10/h1-8H,9H2,(H2,18,19,20,21). The van der Waals surface area contributed by atoms with Crippen molar-refractivity contribution in [2.24, 2.45) is 0 Å². The predicted molar refractivity (Wildman–Crippen MR) is 91.0 cm³/mol. The first-order valence-electron chi connectivity index (χ1n) is 6.15. The molecule has 0 aliphatic rings. The van der Waals surface area contributed by atoms with Crippen molar-refractivity contribution in [2.45, 2.75) is 6.42 Å². The molecule has 0 unspecified atom stereocenters. The van der Waals surface area contributed by atoms with Crippen LogP contribution in [0.3, 0.4) is 0 Å². The summed E-state index contributed by atoms with van der Waals surface area (Å²) in [6, 6.07) is 14.5. The number of rotatable bonds is 3. The second-order valence-corrected chi connectivity index (χ2v) is 5.48. The van der Waals surface area contributed by atoms with Crippen LogP contribution in [0.1, 0.15) is 5.56 Å². The molecule has 21 heavy (non-hydrogen) atoms. The zero-order chi connectivity index (χ0) is 15.2. The molecule has 6 heteroatoms. The Bertz CT molecular complexity index is 642. The smallest absolute Gasteiger partial charge is 0.230 e. The van der Waals surface area contributed by atoms with Crippen LogP contribution in [-0.4, -0.2) is 11.0 Å². The minimum atomic E-state index is -0.207. The maximum absolute atomic E-state index is 11.9. The monoisotopic (exact) mass is 338 g/mol. The van der Waals surface area contributed by atoms with E-state index in [1.54, 1.807) is 18.2 Å². The minimum absolute atomic E-state index is 0.158. The minimum Gasteiger partial charge on any atom is -0.330 e. The molecule has 2 N–H and O–H groups in total. The van der Waals surface area contributed by atoms with Crippen molar-refractivity contribution in [1.29, 1.82) is 0 Å². The summed E-state index contributed by atoms with van der Waals surface area (Å²) >= 11 is 17.1. The number of carbonyl (C=O) groups excluding carboxylic acids is 1. The highest BCUT2D eigenvalue weighted by Crippen LogP contribution is 2.29. The molecular formula is C15H12Cl2N2OS. The quantitative estimate of drug-likeness (QED) is 0.829. The molecule has 0 aromatic heterocycles. The molecule has 3 nitrogen and oxygen atoms in total. The molecule has 0 bridgehead atoms. The molecule has 108 valence electrons. The molecule has 0 spiro atoms. The van der Waals surface area contributed by atoms with E-state index in [1.165, 1.54) is 0 Å². The van der Waals surface area contributed by atoms with Gasteiger partial charge in [0.05, 0.1) is 22.2 Å². The number of carbonyl (C=O) groups is 1. The van der Waals surface area contributed by atoms with E-state index in [-0.39, 0.29) is 17.4 Å². The predicted octanol–water partition coefficient (Wildman–Crippen LogP) is 4.05. The van der Waals surface area contributed by atoms with Crippen LogP contribution < -0.4 is 10.6 Å². The molecule has 2 aromatic rings. The lowest BCUT2D eigenvalue weighted by Crippen LogP contribution is -2.35. The summed E-state index contributed by atoms with van der Waals surface area (Å²) in [7, 11) is 0. The lowest BCUT2D eigenvalue weighted by atomic mass is 10.1. The highest BCUT2D eigenvalue weighted by atomic mass is 35.5. The van der Waals surface area contributed by atoms with Crippen molar-refractivity contribution < 1.29 is 4.79 Å². The average Bonchev–Trinajstić information content (AvgIpc) is 2.44. The second kappa shape index (κ2) is 7.41. The molecule has 2 rings (SSSR count). The Kier molecular flexibility index (Phi) is 5.56. The van der Waals surface area contributed by atoms with E-state index >= 15 is 0 Å². The third-order valence-electron chi connectivity index (χ3n) is 2.66. The molecular weight excluding hydrogens is 327 g/mol. The van der Waals surface area contributed by atoms with Crippen molar-refractivity contribution in [2.75, 3.05) is 5.32 Å². The van der Waals surface area contributed by atoms with Crippen molar-refractivity contribution >= 4 is 52.1 Å². The van der Waals surface area contributed by atoms with Gasteiger partial charge in [-0.2, -0.15) is 0 Å². The van der Waals surface area contributed by atoms with Gasteiger partial charge in [0, 0.05) is 0 Å². The average molecular weight is 339 g/mol. The van der Waals surface area contributed by atoms with Crippen LogP contribution in [0.5, 0.6) is 0 Å². The van der Waals surface area contributed by atoms with Crippen LogP contribution in [-0.2, 0) is 11.2 Å². The highest BCUT2D eigenvalue weighted by Gasteiger charge is 2.10. The van der Waals surface area contributed by atoms with E-state index in [0.717, 1.165) is 5.56 Å². The fourth-order valence-electron chi connectivity index (χ4n) is 1.71.